The molecular weight excluding hydrogens is 324 g/mol. The topological polar surface area (TPSA) is 52.3 Å². The van der Waals surface area contributed by atoms with Gasteiger partial charge in [-0.2, -0.15) is 4.98 Å². The van der Waals surface area contributed by atoms with Gasteiger partial charge in [0.05, 0.1) is 10.7 Å². The second-order valence-corrected chi connectivity index (χ2v) is 5.69. The SMILES string of the molecule is Cc1c(Oc2ccccc2)nc2ncc(-c3ccncc3Cl)cn12. The van der Waals surface area contributed by atoms with E-state index < -0.39 is 0 Å². The van der Waals surface area contributed by atoms with Gasteiger partial charge < -0.3 is 4.74 Å². The average Bonchev–Trinajstić information content (AvgIpc) is 2.92. The van der Waals surface area contributed by atoms with E-state index in [1.807, 2.05) is 53.9 Å². The minimum atomic E-state index is 0.534. The number of imidazole rings is 1. The molecule has 0 amide bonds. The van der Waals surface area contributed by atoms with Crippen LogP contribution in [0.25, 0.3) is 16.9 Å². The largest absolute Gasteiger partial charge is 0.437 e. The van der Waals surface area contributed by atoms with Gasteiger partial charge in [0.1, 0.15) is 5.75 Å². The minimum absolute atomic E-state index is 0.534. The summed E-state index contributed by atoms with van der Waals surface area (Å²) in [5.41, 5.74) is 2.63. The first-order valence-corrected chi connectivity index (χ1v) is 7.77. The number of ether oxygens (including phenoxy) is 1. The number of hydrogen-bond acceptors (Lipinski definition) is 4. The van der Waals surface area contributed by atoms with Crippen molar-refractivity contribution in [2.75, 3.05) is 0 Å². The number of hydrogen-bond donors (Lipinski definition) is 0. The molecule has 4 aromatic rings. The van der Waals surface area contributed by atoms with Crippen LogP contribution in [0, 0.1) is 6.92 Å². The van der Waals surface area contributed by atoms with Gasteiger partial charge in [-0.1, -0.05) is 29.8 Å². The number of aryl methyl sites for hydroxylation is 1. The van der Waals surface area contributed by atoms with E-state index in [2.05, 4.69) is 15.0 Å². The van der Waals surface area contributed by atoms with Crippen LogP contribution in [0.3, 0.4) is 0 Å². The molecule has 0 aliphatic heterocycles. The third-order valence-electron chi connectivity index (χ3n) is 3.72. The molecule has 0 saturated heterocycles. The van der Waals surface area contributed by atoms with E-state index in [0.29, 0.717) is 16.7 Å². The van der Waals surface area contributed by atoms with Crippen LogP contribution in [-0.4, -0.2) is 19.4 Å². The van der Waals surface area contributed by atoms with Gasteiger partial charge in [0.15, 0.2) is 0 Å². The van der Waals surface area contributed by atoms with Gasteiger partial charge in [0.25, 0.3) is 0 Å². The molecule has 0 fully saturated rings. The summed E-state index contributed by atoms with van der Waals surface area (Å²) in [6, 6.07) is 11.4. The molecule has 1 aromatic carbocycles. The van der Waals surface area contributed by atoms with Crippen molar-refractivity contribution in [3.8, 4) is 22.8 Å². The molecular formula is C18H13ClN4O. The number of rotatable bonds is 3. The van der Waals surface area contributed by atoms with Crippen molar-refractivity contribution in [3.05, 3.63) is 71.9 Å². The molecule has 3 aromatic heterocycles. The number of pyridine rings is 1. The summed E-state index contributed by atoms with van der Waals surface area (Å²) in [5.74, 6) is 1.85. The van der Waals surface area contributed by atoms with Crippen molar-refractivity contribution in [1.82, 2.24) is 19.4 Å². The molecule has 5 nitrogen and oxygen atoms in total. The lowest BCUT2D eigenvalue weighted by Gasteiger charge is -2.05. The first-order chi connectivity index (χ1) is 11.7. The molecule has 0 saturated carbocycles. The zero-order valence-electron chi connectivity index (χ0n) is 12.8. The predicted molar refractivity (Wildman–Crippen MR) is 92.5 cm³/mol. The molecule has 6 heteroatoms. The Labute approximate surface area is 143 Å². The van der Waals surface area contributed by atoms with Crippen LogP contribution in [0.4, 0.5) is 0 Å². The molecule has 0 spiro atoms. The summed E-state index contributed by atoms with van der Waals surface area (Å²) >= 11 is 6.22. The zero-order valence-corrected chi connectivity index (χ0v) is 13.6. The highest BCUT2D eigenvalue weighted by Crippen LogP contribution is 2.29. The standard InChI is InChI=1S/C18H13ClN4O/c1-12-17(24-14-5-3-2-4-6-14)22-18-21-9-13(11-23(12)18)15-7-8-20-10-16(15)19/h2-11H,1H3. The van der Waals surface area contributed by atoms with Crippen LogP contribution >= 0.6 is 11.6 Å². The van der Waals surface area contributed by atoms with Crippen molar-refractivity contribution in [2.45, 2.75) is 6.92 Å². The average molecular weight is 337 g/mol. The van der Waals surface area contributed by atoms with Gasteiger partial charge in [-0.25, -0.2) is 4.98 Å². The van der Waals surface area contributed by atoms with E-state index in [-0.39, 0.29) is 0 Å². The Morgan fingerprint density at radius 1 is 1.08 bits per heavy atom. The second kappa shape index (κ2) is 5.94. The van der Waals surface area contributed by atoms with E-state index in [0.717, 1.165) is 22.6 Å². The van der Waals surface area contributed by atoms with Crippen LogP contribution < -0.4 is 4.74 Å². The second-order valence-electron chi connectivity index (χ2n) is 5.29. The van der Waals surface area contributed by atoms with Crippen molar-refractivity contribution < 1.29 is 4.74 Å². The van der Waals surface area contributed by atoms with Gasteiger partial charge in [0, 0.05) is 35.9 Å². The summed E-state index contributed by atoms with van der Waals surface area (Å²) in [5, 5.41) is 0.581. The zero-order chi connectivity index (χ0) is 16.5. The van der Waals surface area contributed by atoms with E-state index in [9.17, 15) is 0 Å². The van der Waals surface area contributed by atoms with Gasteiger partial charge in [-0.3, -0.25) is 9.38 Å². The quantitative estimate of drug-likeness (QED) is 0.551. The van der Waals surface area contributed by atoms with E-state index in [1.54, 1.807) is 18.6 Å². The van der Waals surface area contributed by atoms with E-state index >= 15 is 0 Å². The normalized spacial score (nSPS) is 10.9. The van der Waals surface area contributed by atoms with E-state index in [4.69, 9.17) is 16.3 Å². The maximum absolute atomic E-state index is 6.22. The van der Waals surface area contributed by atoms with Crippen molar-refractivity contribution in [1.29, 1.82) is 0 Å². The maximum atomic E-state index is 6.22. The number of benzene rings is 1. The molecule has 0 aliphatic carbocycles. The Balaban J connectivity index is 1.78. The predicted octanol–water partition coefficient (Wildman–Crippen LogP) is 4.55. The van der Waals surface area contributed by atoms with Crippen LogP contribution in [0.1, 0.15) is 5.69 Å². The fourth-order valence-electron chi connectivity index (χ4n) is 2.47. The van der Waals surface area contributed by atoms with Gasteiger partial charge in [-0.05, 0) is 25.1 Å². The van der Waals surface area contributed by atoms with Crippen LogP contribution in [0.2, 0.25) is 5.02 Å². The van der Waals surface area contributed by atoms with Crippen molar-refractivity contribution in [3.63, 3.8) is 0 Å². The molecule has 0 bridgehead atoms. The molecule has 0 N–H and O–H groups in total. The summed E-state index contributed by atoms with van der Waals surface area (Å²) in [4.78, 5) is 12.9. The third kappa shape index (κ3) is 2.59. The molecule has 0 aliphatic rings. The lowest BCUT2D eigenvalue weighted by Crippen LogP contribution is -1.93. The number of fused-ring (bicyclic) bond motifs is 1. The highest BCUT2D eigenvalue weighted by molar-refractivity contribution is 6.33. The van der Waals surface area contributed by atoms with Crippen LogP contribution in [0.5, 0.6) is 11.6 Å². The lowest BCUT2D eigenvalue weighted by molar-refractivity contribution is 0.462. The summed E-state index contributed by atoms with van der Waals surface area (Å²) in [7, 11) is 0. The fourth-order valence-corrected chi connectivity index (χ4v) is 2.70. The van der Waals surface area contributed by atoms with Crippen LogP contribution in [-0.2, 0) is 0 Å². The number of nitrogens with zero attached hydrogens (tertiary/aromatic N) is 4. The Morgan fingerprint density at radius 3 is 2.71 bits per heavy atom. The molecule has 24 heavy (non-hydrogen) atoms. The Morgan fingerprint density at radius 2 is 1.92 bits per heavy atom. The Bertz CT molecular complexity index is 1010. The fraction of sp³-hybridized carbons (Fsp3) is 0.0556. The van der Waals surface area contributed by atoms with Crippen molar-refractivity contribution in [2.24, 2.45) is 0 Å². The monoisotopic (exact) mass is 336 g/mol. The number of para-hydroxylation sites is 1. The Kier molecular flexibility index (Phi) is 3.63. The lowest BCUT2D eigenvalue weighted by atomic mass is 10.1. The molecule has 0 atom stereocenters. The summed E-state index contributed by atoms with van der Waals surface area (Å²) in [6.07, 6.45) is 7.01. The number of halogens is 1. The van der Waals surface area contributed by atoms with E-state index in [1.165, 1.54) is 0 Å². The third-order valence-corrected chi connectivity index (χ3v) is 4.02. The van der Waals surface area contributed by atoms with Crippen molar-refractivity contribution >= 4 is 17.4 Å². The van der Waals surface area contributed by atoms with Gasteiger partial charge >= 0.3 is 0 Å². The highest BCUT2D eigenvalue weighted by Gasteiger charge is 2.13. The number of aromatic nitrogens is 4. The smallest absolute Gasteiger partial charge is 0.242 e. The van der Waals surface area contributed by atoms with Crippen LogP contribution in [0.15, 0.2) is 61.2 Å². The highest BCUT2D eigenvalue weighted by atomic mass is 35.5. The summed E-state index contributed by atoms with van der Waals surface area (Å²) < 4.78 is 7.75. The molecule has 0 radical (unpaired) electrons. The first-order valence-electron chi connectivity index (χ1n) is 7.40. The first kappa shape index (κ1) is 14.7. The minimum Gasteiger partial charge on any atom is -0.437 e. The summed E-state index contributed by atoms with van der Waals surface area (Å²) in [6.45, 7) is 1.94. The molecule has 4 rings (SSSR count). The van der Waals surface area contributed by atoms with Gasteiger partial charge in [0.2, 0.25) is 11.7 Å². The van der Waals surface area contributed by atoms with Gasteiger partial charge in [-0.15, -0.1) is 0 Å². The molecule has 0 unspecified atom stereocenters. The molecule has 3 heterocycles. The molecule has 118 valence electrons. The maximum Gasteiger partial charge on any atom is 0.242 e. The Hall–Kier alpha value is -2.92.